The third-order valence-electron chi connectivity index (χ3n) is 3.77. The Morgan fingerprint density at radius 1 is 1.22 bits per heavy atom. The highest BCUT2D eigenvalue weighted by molar-refractivity contribution is 5.85. The van der Waals surface area contributed by atoms with Gasteiger partial charge < -0.3 is 5.73 Å². The number of halogens is 1. The number of nitrogens with two attached hydrogens (primary N) is 1. The Morgan fingerprint density at radius 3 is 2.72 bits per heavy atom. The zero-order valence-electron chi connectivity index (χ0n) is 10.6. The molecule has 98 valence electrons. The van der Waals surface area contributed by atoms with Crippen LogP contribution in [0.25, 0.3) is 0 Å². The molecule has 1 aromatic rings. The van der Waals surface area contributed by atoms with Crippen LogP contribution in [0.1, 0.15) is 37.3 Å². The first-order chi connectivity index (χ1) is 8.33. The zero-order valence-corrected chi connectivity index (χ0v) is 11.4. The molecule has 0 saturated heterocycles. The zero-order chi connectivity index (χ0) is 11.8. The van der Waals surface area contributed by atoms with Crippen LogP contribution in [0.2, 0.25) is 0 Å². The molecule has 2 N–H and O–H groups in total. The molecule has 1 aliphatic heterocycles. The summed E-state index contributed by atoms with van der Waals surface area (Å²) in [6, 6.07) is 8.31. The number of hydrogen-bond acceptors (Lipinski definition) is 3. The summed E-state index contributed by atoms with van der Waals surface area (Å²) >= 11 is 0. The van der Waals surface area contributed by atoms with Crippen LogP contribution in [-0.4, -0.2) is 7.11 Å². The maximum absolute atomic E-state index is 6.38. The number of para-hydroxylation sites is 1. The van der Waals surface area contributed by atoms with Gasteiger partial charge in [-0.05, 0) is 42.9 Å². The monoisotopic (exact) mass is 266 g/mol. The van der Waals surface area contributed by atoms with Gasteiger partial charge in [-0.25, -0.2) is 5.06 Å². The van der Waals surface area contributed by atoms with Crippen LogP contribution in [0.15, 0.2) is 35.5 Å². The average molecular weight is 267 g/mol. The maximum Gasteiger partial charge on any atom is 0.0742 e. The summed E-state index contributed by atoms with van der Waals surface area (Å²) < 4.78 is 0. The van der Waals surface area contributed by atoms with Gasteiger partial charge in [0, 0.05) is 5.70 Å². The van der Waals surface area contributed by atoms with Crippen molar-refractivity contribution in [2.24, 2.45) is 5.73 Å². The highest BCUT2D eigenvalue weighted by Crippen LogP contribution is 2.43. The predicted octanol–water partition coefficient (Wildman–Crippen LogP) is 3.32. The number of benzene rings is 1. The summed E-state index contributed by atoms with van der Waals surface area (Å²) in [4.78, 5) is 5.56. The van der Waals surface area contributed by atoms with Crippen molar-refractivity contribution in [2.75, 3.05) is 12.2 Å². The molecule has 0 fully saturated rings. The summed E-state index contributed by atoms with van der Waals surface area (Å²) in [6.45, 7) is 0. The van der Waals surface area contributed by atoms with Gasteiger partial charge in [-0.3, -0.25) is 4.84 Å². The van der Waals surface area contributed by atoms with Gasteiger partial charge in [-0.1, -0.05) is 18.2 Å². The van der Waals surface area contributed by atoms with Crippen LogP contribution >= 0.6 is 12.4 Å². The number of anilines is 1. The lowest BCUT2D eigenvalue weighted by Crippen LogP contribution is -2.33. The van der Waals surface area contributed by atoms with Crippen LogP contribution in [-0.2, 0) is 4.84 Å². The van der Waals surface area contributed by atoms with Crippen molar-refractivity contribution >= 4 is 18.1 Å². The first kappa shape index (κ1) is 13.4. The molecule has 1 atom stereocenters. The Kier molecular flexibility index (Phi) is 3.95. The Labute approximate surface area is 114 Å². The average Bonchev–Trinajstić information content (AvgIpc) is 2.40. The van der Waals surface area contributed by atoms with Crippen LogP contribution in [0, 0.1) is 0 Å². The van der Waals surface area contributed by atoms with Crippen LogP contribution in [0.3, 0.4) is 0 Å². The Morgan fingerprint density at radius 2 is 1.94 bits per heavy atom. The van der Waals surface area contributed by atoms with Gasteiger partial charge in [-0.2, -0.15) is 0 Å². The molecule has 0 radical (unpaired) electrons. The lowest BCUT2D eigenvalue weighted by atomic mass is 9.84. The minimum absolute atomic E-state index is 0. The van der Waals surface area contributed by atoms with Gasteiger partial charge in [0.15, 0.2) is 0 Å². The van der Waals surface area contributed by atoms with E-state index in [9.17, 15) is 0 Å². The summed E-state index contributed by atoms with van der Waals surface area (Å²) in [7, 11) is 1.73. The lowest BCUT2D eigenvalue weighted by Gasteiger charge is -2.38. The van der Waals surface area contributed by atoms with Gasteiger partial charge in [-0.15, -0.1) is 12.4 Å². The number of nitrogens with zero attached hydrogens (tertiary/aromatic N) is 1. The second-order valence-electron chi connectivity index (χ2n) is 4.69. The molecule has 18 heavy (non-hydrogen) atoms. The van der Waals surface area contributed by atoms with Crippen molar-refractivity contribution in [1.29, 1.82) is 0 Å². The first-order valence-electron chi connectivity index (χ1n) is 6.23. The Balaban J connectivity index is 0.00000120. The molecule has 3 nitrogen and oxygen atoms in total. The van der Waals surface area contributed by atoms with Crippen molar-refractivity contribution < 1.29 is 4.84 Å². The highest BCUT2D eigenvalue weighted by Gasteiger charge is 2.31. The molecule has 0 saturated carbocycles. The van der Waals surface area contributed by atoms with Crippen molar-refractivity contribution in [2.45, 2.75) is 31.7 Å². The minimum Gasteiger partial charge on any atom is -0.320 e. The van der Waals surface area contributed by atoms with Gasteiger partial charge in [0.25, 0.3) is 0 Å². The topological polar surface area (TPSA) is 38.5 Å². The van der Waals surface area contributed by atoms with E-state index in [0.29, 0.717) is 0 Å². The fourth-order valence-corrected chi connectivity index (χ4v) is 2.96. The molecule has 0 spiro atoms. The number of fused-ring (bicyclic) bond motifs is 1. The fourth-order valence-electron chi connectivity index (χ4n) is 2.96. The molecule has 1 aromatic carbocycles. The van der Waals surface area contributed by atoms with Crippen molar-refractivity contribution in [3.05, 3.63) is 41.1 Å². The summed E-state index contributed by atoms with van der Waals surface area (Å²) in [5.74, 6) is 0. The van der Waals surface area contributed by atoms with Crippen molar-refractivity contribution in [3.63, 3.8) is 0 Å². The lowest BCUT2D eigenvalue weighted by molar-refractivity contribution is 0.179. The van der Waals surface area contributed by atoms with Crippen LogP contribution < -0.4 is 10.8 Å². The molecular formula is C14H19ClN2O. The van der Waals surface area contributed by atoms with E-state index in [1.54, 1.807) is 7.11 Å². The van der Waals surface area contributed by atoms with E-state index < -0.39 is 0 Å². The van der Waals surface area contributed by atoms with Gasteiger partial charge in [0.05, 0.1) is 18.8 Å². The smallest absolute Gasteiger partial charge is 0.0742 e. The van der Waals surface area contributed by atoms with Crippen molar-refractivity contribution in [1.82, 2.24) is 0 Å². The van der Waals surface area contributed by atoms with E-state index in [1.165, 1.54) is 29.7 Å². The molecule has 1 unspecified atom stereocenters. The normalized spacial score (nSPS) is 22.1. The summed E-state index contributed by atoms with van der Waals surface area (Å²) in [5.41, 5.74) is 11.3. The van der Waals surface area contributed by atoms with E-state index in [4.69, 9.17) is 10.6 Å². The van der Waals surface area contributed by atoms with E-state index in [1.807, 2.05) is 17.2 Å². The first-order valence-corrected chi connectivity index (χ1v) is 6.23. The second kappa shape index (κ2) is 5.31. The standard InChI is InChI=1S/C14H18N2O.ClH/c1-17-16-12-8-4-2-6-10(12)14(15)11-7-3-5-9-13(11)16;/h2,4,6,8,14H,3,5,7,9,15H2,1H3;1H. The quantitative estimate of drug-likeness (QED) is 0.847. The molecule has 3 rings (SSSR count). The molecule has 2 aliphatic rings. The Hall–Kier alpha value is -1.03. The molecule has 0 bridgehead atoms. The van der Waals surface area contributed by atoms with Gasteiger partial charge in [0.2, 0.25) is 0 Å². The van der Waals surface area contributed by atoms with Gasteiger partial charge >= 0.3 is 0 Å². The Bertz CT molecular complexity index is 473. The van der Waals surface area contributed by atoms with Gasteiger partial charge in [0.1, 0.15) is 0 Å². The molecule has 0 aromatic heterocycles. The summed E-state index contributed by atoms with van der Waals surface area (Å²) in [5, 5.41) is 1.97. The second-order valence-corrected chi connectivity index (χ2v) is 4.69. The van der Waals surface area contributed by atoms with Crippen molar-refractivity contribution in [3.8, 4) is 0 Å². The number of hydroxylamine groups is 1. The minimum atomic E-state index is 0. The molecule has 1 aliphatic carbocycles. The number of hydrogen-bond donors (Lipinski definition) is 1. The molecular weight excluding hydrogens is 248 g/mol. The van der Waals surface area contributed by atoms with E-state index in [0.717, 1.165) is 18.5 Å². The SMILES string of the molecule is CON1C2=C(CCCC2)C(N)c2ccccc21.Cl. The van der Waals surface area contributed by atoms with Crippen LogP contribution in [0.4, 0.5) is 5.69 Å². The largest absolute Gasteiger partial charge is 0.320 e. The van der Waals surface area contributed by atoms with E-state index in [2.05, 4.69) is 12.1 Å². The third-order valence-corrected chi connectivity index (χ3v) is 3.77. The van der Waals surface area contributed by atoms with Crippen LogP contribution in [0.5, 0.6) is 0 Å². The number of allylic oxidation sites excluding steroid dienone is 1. The number of rotatable bonds is 1. The van der Waals surface area contributed by atoms with E-state index >= 15 is 0 Å². The van der Waals surface area contributed by atoms with E-state index in [-0.39, 0.29) is 18.4 Å². The fraction of sp³-hybridized carbons (Fsp3) is 0.429. The predicted molar refractivity (Wildman–Crippen MR) is 75.6 cm³/mol. The highest BCUT2D eigenvalue weighted by atomic mass is 35.5. The summed E-state index contributed by atoms with van der Waals surface area (Å²) in [6.07, 6.45) is 4.65. The molecule has 4 heteroatoms. The molecule has 1 heterocycles. The molecule has 0 amide bonds. The third kappa shape index (κ3) is 1.92. The maximum atomic E-state index is 6.38.